The smallest absolute Gasteiger partial charge is 0.272 e. The molecule has 0 fully saturated rings. The molecule has 0 bridgehead atoms. The summed E-state index contributed by atoms with van der Waals surface area (Å²) in [6.45, 7) is 3.96. The lowest BCUT2D eigenvalue weighted by molar-refractivity contribution is -0.385. The van der Waals surface area contributed by atoms with E-state index in [1.165, 1.54) is 6.07 Å². The zero-order chi connectivity index (χ0) is 13.7. The Kier molecular flexibility index (Phi) is 7.03. The van der Waals surface area contributed by atoms with Crippen molar-refractivity contribution >= 4 is 24.0 Å². The maximum atomic E-state index is 11.6. The maximum absolute atomic E-state index is 11.6. The number of hydrogen-bond acceptors (Lipinski definition) is 4. The molecule has 0 saturated heterocycles. The lowest BCUT2D eigenvalue weighted by atomic mass is 10.1. The van der Waals surface area contributed by atoms with Crippen LogP contribution in [0.3, 0.4) is 0 Å². The molecular formula is C12H18ClN3O3. The van der Waals surface area contributed by atoms with Crippen LogP contribution in [-0.4, -0.2) is 17.4 Å². The molecule has 1 amide bonds. The van der Waals surface area contributed by atoms with E-state index in [1.807, 2.05) is 0 Å². The van der Waals surface area contributed by atoms with E-state index in [1.54, 1.807) is 26.0 Å². The van der Waals surface area contributed by atoms with Crippen LogP contribution in [0, 0.1) is 23.0 Å². The molecule has 1 rings (SSSR count). The molecule has 0 aliphatic rings. The molecule has 0 heterocycles. The van der Waals surface area contributed by atoms with Crippen LogP contribution in [0.15, 0.2) is 18.2 Å². The van der Waals surface area contributed by atoms with Crippen LogP contribution >= 0.6 is 12.4 Å². The molecule has 0 aromatic heterocycles. The zero-order valence-electron chi connectivity index (χ0n) is 10.9. The Morgan fingerprint density at radius 3 is 2.68 bits per heavy atom. The van der Waals surface area contributed by atoms with Gasteiger partial charge in [-0.1, -0.05) is 19.1 Å². The summed E-state index contributed by atoms with van der Waals surface area (Å²) in [4.78, 5) is 21.9. The van der Waals surface area contributed by atoms with Crippen LogP contribution in [0.2, 0.25) is 0 Å². The fraction of sp³-hybridized carbons (Fsp3) is 0.417. The molecular weight excluding hydrogens is 270 g/mol. The molecule has 1 unspecified atom stereocenters. The molecule has 6 nitrogen and oxygen atoms in total. The predicted octanol–water partition coefficient (Wildman–Crippen LogP) is 1.54. The Hall–Kier alpha value is -1.66. The van der Waals surface area contributed by atoms with Crippen molar-refractivity contribution in [2.24, 2.45) is 11.7 Å². The first-order valence-corrected chi connectivity index (χ1v) is 5.68. The number of carbonyl (C=O) groups excluding carboxylic acids is 1. The molecule has 0 aliphatic heterocycles. The van der Waals surface area contributed by atoms with Gasteiger partial charge in [-0.05, 0) is 12.5 Å². The fourth-order valence-corrected chi connectivity index (χ4v) is 1.52. The number of rotatable bonds is 5. The number of nitro benzene ring substituents is 1. The molecule has 0 aliphatic carbocycles. The molecule has 1 atom stereocenters. The molecule has 0 saturated carbocycles. The Labute approximate surface area is 117 Å². The Bertz CT molecular complexity index is 466. The maximum Gasteiger partial charge on any atom is 0.272 e. The largest absolute Gasteiger partial charge is 0.352 e. The summed E-state index contributed by atoms with van der Waals surface area (Å²) < 4.78 is 0. The van der Waals surface area contributed by atoms with Crippen LogP contribution in [0.5, 0.6) is 0 Å². The molecule has 1 aromatic carbocycles. The van der Waals surface area contributed by atoms with Gasteiger partial charge in [-0.25, -0.2) is 0 Å². The van der Waals surface area contributed by atoms with Crippen LogP contribution in [0.1, 0.15) is 18.1 Å². The van der Waals surface area contributed by atoms with Crippen molar-refractivity contribution in [3.8, 4) is 0 Å². The average molecular weight is 288 g/mol. The summed E-state index contributed by atoms with van der Waals surface area (Å²) in [6.07, 6.45) is 0. The highest BCUT2D eigenvalue weighted by atomic mass is 35.5. The molecule has 106 valence electrons. The minimum atomic E-state index is -0.427. The summed E-state index contributed by atoms with van der Waals surface area (Å²) in [6, 6.07) is 4.82. The van der Waals surface area contributed by atoms with E-state index in [0.717, 1.165) is 5.56 Å². The number of carbonyl (C=O) groups is 1. The first-order chi connectivity index (χ1) is 8.47. The van der Waals surface area contributed by atoms with Crippen LogP contribution in [0.25, 0.3) is 0 Å². The van der Waals surface area contributed by atoms with Gasteiger partial charge < -0.3 is 11.1 Å². The quantitative estimate of drug-likeness (QED) is 0.634. The molecule has 7 heteroatoms. The summed E-state index contributed by atoms with van der Waals surface area (Å²) >= 11 is 0. The number of nitrogens with zero attached hydrogens (tertiary/aromatic N) is 1. The number of nitrogens with two attached hydrogens (primary N) is 1. The number of nitrogens with one attached hydrogen (secondary N) is 1. The van der Waals surface area contributed by atoms with Crippen molar-refractivity contribution in [1.29, 1.82) is 0 Å². The standard InChI is InChI=1S/C12H17N3O3.ClH/c1-8(6-13)12(16)14-7-10-4-3-5-11(9(10)2)15(17)18;/h3-5,8H,6-7,13H2,1-2H3,(H,14,16);1H. The lowest BCUT2D eigenvalue weighted by Gasteiger charge is -2.11. The van der Waals surface area contributed by atoms with E-state index in [9.17, 15) is 14.9 Å². The van der Waals surface area contributed by atoms with Gasteiger partial charge in [0.15, 0.2) is 0 Å². The third kappa shape index (κ3) is 4.50. The summed E-state index contributed by atoms with van der Waals surface area (Å²) in [7, 11) is 0. The number of halogens is 1. The Morgan fingerprint density at radius 1 is 1.53 bits per heavy atom. The molecule has 0 spiro atoms. The summed E-state index contributed by atoms with van der Waals surface area (Å²) in [5.41, 5.74) is 6.76. The first kappa shape index (κ1) is 17.3. The van der Waals surface area contributed by atoms with E-state index in [0.29, 0.717) is 5.56 Å². The minimum Gasteiger partial charge on any atom is -0.352 e. The number of benzene rings is 1. The van der Waals surface area contributed by atoms with E-state index in [-0.39, 0.29) is 43.0 Å². The van der Waals surface area contributed by atoms with E-state index in [4.69, 9.17) is 5.73 Å². The van der Waals surface area contributed by atoms with Crippen LogP contribution in [-0.2, 0) is 11.3 Å². The van der Waals surface area contributed by atoms with Gasteiger partial charge in [0.2, 0.25) is 5.91 Å². The molecule has 0 radical (unpaired) electrons. The van der Waals surface area contributed by atoms with Gasteiger partial charge in [-0.2, -0.15) is 0 Å². The first-order valence-electron chi connectivity index (χ1n) is 5.68. The number of amides is 1. The van der Waals surface area contributed by atoms with Crippen molar-refractivity contribution in [1.82, 2.24) is 5.32 Å². The Balaban J connectivity index is 0.00000324. The highest BCUT2D eigenvalue weighted by molar-refractivity contribution is 5.85. The zero-order valence-corrected chi connectivity index (χ0v) is 11.7. The lowest BCUT2D eigenvalue weighted by Crippen LogP contribution is -2.32. The summed E-state index contributed by atoms with van der Waals surface area (Å²) in [5.74, 6) is -0.410. The second-order valence-electron chi connectivity index (χ2n) is 4.17. The van der Waals surface area contributed by atoms with Gasteiger partial charge in [0, 0.05) is 30.6 Å². The van der Waals surface area contributed by atoms with Gasteiger partial charge in [-0.15, -0.1) is 12.4 Å². The van der Waals surface area contributed by atoms with Crippen molar-refractivity contribution in [3.05, 3.63) is 39.4 Å². The number of hydrogen-bond donors (Lipinski definition) is 2. The SMILES string of the molecule is Cc1c(CNC(=O)C(C)CN)cccc1[N+](=O)[O-].Cl. The van der Waals surface area contributed by atoms with Gasteiger partial charge in [0.1, 0.15) is 0 Å². The van der Waals surface area contributed by atoms with Crippen LogP contribution < -0.4 is 11.1 Å². The number of nitro groups is 1. The van der Waals surface area contributed by atoms with Gasteiger partial charge >= 0.3 is 0 Å². The van der Waals surface area contributed by atoms with Crippen molar-refractivity contribution in [2.75, 3.05) is 6.54 Å². The predicted molar refractivity (Wildman–Crippen MR) is 75.1 cm³/mol. The highest BCUT2D eigenvalue weighted by Crippen LogP contribution is 2.20. The van der Waals surface area contributed by atoms with E-state index < -0.39 is 4.92 Å². The molecule has 1 aromatic rings. The monoisotopic (exact) mass is 287 g/mol. The van der Waals surface area contributed by atoms with Crippen molar-refractivity contribution in [2.45, 2.75) is 20.4 Å². The van der Waals surface area contributed by atoms with E-state index >= 15 is 0 Å². The topological polar surface area (TPSA) is 98.3 Å². The van der Waals surface area contributed by atoms with Gasteiger partial charge in [0.05, 0.1) is 4.92 Å². The fourth-order valence-electron chi connectivity index (χ4n) is 1.52. The third-order valence-corrected chi connectivity index (χ3v) is 2.87. The van der Waals surface area contributed by atoms with Gasteiger partial charge in [-0.3, -0.25) is 14.9 Å². The summed E-state index contributed by atoms with van der Waals surface area (Å²) in [5, 5.41) is 13.5. The third-order valence-electron chi connectivity index (χ3n) is 2.87. The Morgan fingerprint density at radius 2 is 2.16 bits per heavy atom. The molecule has 19 heavy (non-hydrogen) atoms. The average Bonchev–Trinajstić information content (AvgIpc) is 2.35. The second kappa shape index (κ2) is 7.70. The minimum absolute atomic E-state index is 0. The van der Waals surface area contributed by atoms with E-state index in [2.05, 4.69) is 5.32 Å². The van der Waals surface area contributed by atoms with Crippen LogP contribution in [0.4, 0.5) is 5.69 Å². The van der Waals surface area contributed by atoms with Crippen molar-refractivity contribution in [3.63, 3.8) is 0 Å². The van der Waals surface area contributed by atoms with Gasteiger partial charge in [0.25, 0.3) is 5.69 Å². The van der Waals surface area contributed by atoms with Crippen molar-refractivity contribution < 1.29 is 9.72 Å². The highest BCUT2D eigenvalue weighted by Gasteiger charge is 2.15. The second-order valence-corrected chi connectivity index (χ2v) is 4.17. The molecule has 3 N–H and O–H groups in total. The normalized spacial score (nSPS) is 11.3.